The van der Waals surface area contributed by atoms with Crippen molar-refractivity contribution in [2.75, 3.05) is 14.2 Å². The van der Waals surface area contributed by atoms with Crippen LogP contribution in [0.5, 0.6) is 11.5 Å². The van der Waals surface area contributed by atoms with Gasteiger partial charge in [0.25, 0.3) is 0 Å². The van der Waals surface area contributed by atoms with Crippen molar-refractivity contribution in [1.82, 2.24) is 10.4 Å². The Labute approximate surface area is 175 Å². The molecule has 1 amide bonds. The number of aliphatic carboxylic acids is 1. The van der Waals surface area contributed by atoms with E-state index in [1.165, 1.54) is 5.01 Å². The Morgan fingerprint density at radius 2 is 1.80 bits per heavy atom. The van der Waals surface area contributed by atoms with E-state index in [4.69, 9.17) is 9.47 Å². The first-order chi connectivity index (χ1) is 14.4. The first-order valence-corrected chi connectivity index (χ1v) is 9.72. The van der Waals surface area contributed by atoms with Crippen LogP contribution in [0.3, 0.4) is 0 Å². The Morgan fingerprint density at radius 3 is 2.43 bits per heavy atom. The minimum absolute atomic E-state index is 0.0821. The lowest BCUT2D eigenvalue weighted by Gasteiger charge is -2.27. The molecule has 1 N–H and O–H groups in total. The lowest BCUT2D eigenvalue weighted by Crippen LogP contribution is -2.39. The van der Waals surface area contributed by atoms with Gasteiger partial charge in [0.2, 0.25) is 5.91 Å². The number of nitrogens with zero attached hydrogens (tertiary/aromatic N) is 1. The predicted molar refractivity (Wildman–Crippen MR) is 110 cm³/mol. The highest BCUT2D eigenvalue weighted by atomic mass is 16.5. The number of ether oxygens (including phenoxy) is 2. The van der Waals surface area contributed by atoms with Crippen LogP contribution in [0, 0.1) is 6.92 Å². The zero-order chi connectivity index (χ0) is 21.7. The van der Waals surface area contributed by atoms with Crippen LogP contribution in [0.25, 0.3) is 5.70 Å². The van der Waals surface area contributed by atoms with Gasteiger partial charge in [0.05, 0.1) is 19.9 Å². The van der Waals surface area contributed by atoms with E-state index in [0.717, 1.165) is 22.4 Å². The van der Waals surface area contributed by atoms with Crippen LogP contribution in [-0.4, -0.2) is 31.1 Å². The van der Waals surface area contributed by atoms with Gasteiger partial charge in [0.1, 0.15) is 17.5 Å². The van der Waals surface area contributed by atoms with Crippen molar-refractivity contribution in [3.8, 4) is 11.5 Å². The van der Waals surface area contributed by atoms with Gasteiger partial charge in [-0.25, -0.2) is 5.01 Å². The summed E-state index contributed by atoms with van der Waals surface area (Å²) < 4.78 is 10.9. The average molecular weight is 409 g/mol. The summed E-state index contributed by atoms with van der Waals surface area (Å²) >= 11 is 0. The number of benzene rings is 2. The van der Waals surface area contributed by atoms with Crippen molar-refractivity contribution in [2.45, 2.75) is 32.2 Å². The van der Waals surface area contributed by atoms with Crippen LogP contribution in [0.15, 0.2) is 48.5 Å². The molecule has 158 valence electrons. The predicted octanol–water partition coefficient (Wildman–Crippen LogP) is 2.36. The number of amides is 1. The molecule has 0 aromatic heterocycles. The Bertz CT molecular complexity index is 953. The lowest BCUT2D eigenvalue weighted by molar-refractivity contribution is -0.305. The monoisotopic (exact) mass is 409 g/mol. The van der Waals surface area contributed by atoms with Gasteiger partial charge in [-0.1, -0.05) is 29.8 Å². The third kappa shape index (κ3) is 4.74. The SMILES string of the molecule is COc1ccc(OC)c([C@H]2C=C(c3ccc(C)cc3)NN2C(=O)CCCC(=O)[O-])c1. The van der Waals surface area contributed by atoms with Crippen molar-refractivity contribution in [2.24, 2.45) is 0 Å². The second-order valence-corrected chi connectivity index (χ2v) is 7.10. The van der Waals surface area contributed by atoms with E-state index in [0.29, 0.717) is 11.5 Å². The molecule has 0 saturated heterocycles. The Morgan fingerprint density at radius 1 is 1.07 bits per heavy atom. The van der Waals surface area contributed by atoms with Gasteiger partial charge in [-0.15, -0.1) is 0 Å². The van der Waals surface area contributed by atoms with Crippen molar-refractivity contribution in [3.05, 3.63) is 65.2 Å². The van der Waals surface area contributed by atoms with Crippen LogP contribution in [-0.2, 0) is 9.59 Å². The number of rotatable bonds is 8. The average Bonchev–Trinajstić information content (AvgIpc) is 3.18. The first-order valence-electron chi connectivity index (χ1n) is 9.72. The molecule has 0 aliphatic carbocycles. The van der Waals surface area contributed by atoms with Crippen LogP contribution >= 0.6 is 0 Å². The molecule has 2 aromatic carbocycles. The van der Waals surface area contributed by atoms with Crippen LogP contribution in [0.4, 0.5) is 0 Å². The molecule has 7 nitrogen and oxygen atoms in total. The van der Waals surface area contributed by atoms with Crippen LogP contribution < -0.4 is 20.0 Å². The summed E-state index contributed by atoms with van der Waals surface area (Å²) in [6.45, 7) is 2.01. The highest BCUT2D eigenvalue weighted by molar-refractivity contribution is 5.81. The fourth-order valence-corrected chi connectivity index (χ4v) is 3.38. The summed E-state index contributed by atoms with van der Waals surface area (Å²) in [6.07, 6.45) is 2.09. The molecule has 0 unspecified atom stereocenters. The molecule has 0 fully saturated rings. The fourth-order valence-electron chi connectivity index (χ4n) is 3.38. The maximum absolute atomic E-state index is 12.9. The van der Waals surface area contributed by atoms with Gasteiger partial charge in [0.15, 0.2) is 0 Å². The third-order valence-corrected chi connectivity index (χ3v) is 5.00. The van der Waals surface area contributed by atoms with E-state index in [-0.39, 0.29) is 25.2 Å². The van der Waals surface area contributed by atoms with Gasteiger partial charge >= 0.3 is 0 Å². The zero-order valence-corrected chi connectivity index (χ0v) is 17.3. The van der Waals surface area contributed by atoms with E-state index < -0.39 is 12.0 Å². The molecule has 30 heavy (non-hydrogen) atoms. The second kappa shape index (κ2) is 9.35. The number of aryl methyl sites for hydroxylation is 1. The number of hydrogen-bond donors (Lipinski definition) is 1. The topological polar surface area (TPSA) is 90.9 Å². The molecule has 1 aliphatic rings. The maximum atomic E-state index is 12.9. The molecule has 1 atom stereocenters. The number of carbonyl (C=O) groups excluding carboxylic acids is 2. The first kappa shape index (κ1) is 21.2. The summed E-state index contributed by atoms with van der Waals surface area (Å²) in [6, 6.07) is 13.0. The molecule has 0 radical (unpaired) electrons. The standard InChI is InChI=1S/C23H26N2O5/c1-15-7-9-16(10-8-15)19-14-20(18-13-17(29-2)11-12-21(18)30-3)25(24-19)22(26)5-4-6-23(27)28/h7-14,20,24H,4-6H2,1-3H3,(H,27,28)/p-1/t20-/m1/s1. The molecule has 1 aliphatic heterocycles. The summed E-state index contributed by atoms with van der Waals surface area (Å²) in [7, 11) is 3.15. The Kier molecular flexibility index (Phi) is 6.61. The molecule has 0 bridgehead atoms. The molecule has 7 heteroatoms. The molecule has 2 aromatic rings. The molecular formula is C23H25N2O5-. The highest BCUT2D eigenvalue weighted by Gasteiger charge is 2.32. The number of hydrazine groups is 1. The van der Waals surface area contributed by atoms with Crippen molar-refractivity contribution in [3.63, 3.8) is 0 Å². The molecular weight excluding hydrogens is 384 g/mol. The smallest absolute Gasteiger partial charge is 0.241 e. The minimum Gasteiger partial charge on any atom is -0.550 e. The van der Waals surface area contributed by atoms with E-state index in [2.05, 4.69) is 5.43 Å². The summed E-state index contributed by atoms with van der Waals surface area (Å²) in [4.78, 5) is 23.7. The van der Waals surface area contributed by atoms with Gasteiger partial charge < -0.3 is 19.4 Å². The van der Waals surface area contributed by atoms with Gasteiger partial charge in [-0.05, 0) is 49.6 Å². The number of nitrogens with one attached hydrogen (secondary N) is 1. The number of methoxy groups -OCH3 is 2. The van der Waals surface area contributed by atoms with E-state index >= 15 is 0 Å². The van der Waals surface area contributed by atoms with Crippen molar-refractivity contribution >= 4 is 17.6 Å². The van der Waals surface area contributed by atoms with Gasteiger partial charge in [-0.2, -0.15) is 0 Å². The third-order valence-electron chi connectivity index (χ3n) is 5.00. The molecule has 0 spiro atoms. The van der Waals surface area contributed by atoms with Gasteiger partial charge in [-0.3, -0.25) is 10.2 Å². The summed E-state index contributed by atoms with van der Waals surface area (Å²) in [5.41, 5.74) is 6.82. The van der Waals surface area contributed by atoms with Crippen LogP contribution in [0.1, 0.15) is 42.0 Å². The van der Waals surface area contributed by atoms with Crippen molar-refractivity contribution in [1.29, 1.82) is 0 Å². The highest BCUT2D eigenvalue weighted by Crippen LogP contribution is 2.38. The van der Waals surface area contributed by atoms with Crippen LogP contribution in [0.2, 0.25) is 0 Å². The number of carboxylic acids is 1. The quantitative estimate of drug-likeness (QED) is 0.720. The second-order valence-electron chi connectivity index (χ2n) is 7.10. The summed E-state index contributed by atoms with van der Waals surface area (Å²) in [5.74, 6) is -0.116. The Balaban J connectivity index is 1.96. The zero-order valence-electron chi connectivity index (χ0n) is 17.3. The molecule has 3 rings (SSSR count). The van der Waals surface area contributed by atoms with E-state index in [9.17, 15) is 14.7 Å². The summed E-state index contributed by atoms with van der Waals surface area (Å²) in [5, 5.41) is 12.2. The molecule has 1 heterocycles. The van der Waals surface area contributed by atoms with E-state index in [1.54, 1.807) is 26.4 Å². The largest absolute Gasteiger partial charge is 0.550 e. The number of carboxylic acid groups (broad SMARTS) is 1. The minimum atomic E-state index is -1.17. The molecule has 0 saturated carbocycles. The fraction of sp³-hybridized carbons (Fsp3) is 0.304. The number of carbonyl (C=O) groups is 2. The lowest BCUT2D eigenvalue weighted by atomic mass is 10.0. The van der Waals surface area contributed by atoms with E-state index in [1.807, 2.05) is 43.3 Å². The van der Waals surface area contributed by atoms with Crippen molar-refractivity contribution < 1.29 is 24.2 Å². The normalized spacial score (nSPS) is 15.4. The van der Waals surface area contributed by atoms with Gasteiger partial charge in [0, 0.05) is 18.0 Å². The number of hydrogen-bond acceptors (Lipinski definition) is 6. The maximum Gasteiger partial charge on any atom is 0.241 e. The Hall–Kier alpha value is -3.48.